The van der Waals surface area contributed by atoms with Gasteiger partial charge in [0.25, 0.3) is 0 Å². The first-order valence-electron chi connectivity index (χ1n) is 6.80. The zero-order chi connectivity index (χ0) is 14.9. The standard InChI is InChI=1S/C16H18N4O/c1-16(12-7-9-18-10-8-12)11-19-15(17)20(16)13-5-3-4-6-14(13)21-2/h3-10H,11H2,1-2H3,(H2,17,19). The summed E-state index contributed by atoms with van der Waals surface area (Å²) < 4.78 is 5.47. The van der Waals surface area contributed by atoms with E-state index < -0.39 is 0 Å². The summed E-state index contributed by atoms with van der Waals surface area (Å²) in [6.45, 7) is 2.72. The average molecular weight is 282 g/mol. The molecule has 2 heterocycles. The van der Waals surface area contributed by atoms with Gasteiger partial charge in [-0.3, -0.25) is 14.9 Å². The predicted molar refractivity (Wildman–Crippen MR) is 83.6 cm³/mol. The van der Waals surface area contributed by atoms with Crippen LogP contribution in [-0.2, 0) is 5.54 Å². The summed E-state index contributed by atoms with van der Waals surface area (Å²) in [5.41, 5.74) is 7.84. The van der Waals surface area contributed by atoms with Gasteiger partial charge in [-0.25, -0.2) is 0 Å². The highest BCUT2D eigenvalue weighted by Gasteiger charge is 2.41. The van der Waals surface area contributed by atoms with Crippen LogP contribution >= 0.6 is 0 Å². The van der Waals surface area contributed by atoms with E-state index in [1.165, 1.54) is 0 Å². The number of aromatic nitrogens is 1. The summed E-state index contributed by atoms with van der Waals surface area (Å²) in [5.74, 6) is 1.27. The van der Waals surface area contributed by atoms with E-state index in [-0.39, 0.29) is 5.54 Å². The second kappa shape index (κ2) is 5.09. The number of hydrogen-bond acceptors (Lipinski definition) is 5. The topological polar surface area (TPSA) is 63.7 Å². The first-order chi connectivity index (χ1) is 10.2. The molecule has 0 fully saturated rings. The number of anilines is 1. The van der Waals surface area contributed by atoms with Crippen LogP contribution in [0.4, 0.5) is 5.69 Å². The normalized spacial score (nSPS) is 21.2. The van der Waals surface area contributed by atoms with E-state index >= 15 is 0 Å². The summed E-state index contributed by atoms with van der Waals surface area (Å²) in [4.78, 5) is 10.6. The van der Waals surface area contributed by atoms with Crippen molar-refractivity contribution in [3.63, 3.8) is 0 Å². The van der Waals surface area contributed by atoms with Crippen LogP contribution in [0.5, 0.6) is 5.75 Å². The maximum atomic E-state index is 6.15. The summed E-state index contributed by atoms with van der Waals surface area (Å²) in [5, 5.41) is 0. The molecule has 1 atom stereocenters. The SMILES string of the molecule is COc1ccccc1N1C(N)=NCC1(C)c1ccncc1. The molecule has 5 heteroatoms. The minimum absolute atomic E-state index is 0.346. The van der Waals surface area contributed by atoms with Crippen molar-refractivity contribution >= 4 is 11.6 Å². The van der Waals surface area contributed by atoms with Crippen molar-refractivity contribution in [3.05, 3.63) is 54.4 Å². The van der Waals surface area contributed by atoms with E-state index in [9.17, 15) is 0 Å². The summed E-state index contributed by atoms with van der Waals surface area (Å²) in [7, 11) is 1.66. The highest BCUT2D eigenvalue weighted by Crippen LogP contribution is 2.40. The molecule has 1 aliphatic heterocycles. The van der Waals surface area contributed by atoms with Crippen LogP contribution < -0.4 is 15.4 Å². The summed E-state index contributed by atoms with van der Waals surface area (Å²) in [6, 6.07) is 11.8. The third-order valence-corrected chi connectivity index (χ3v) is 3.90. The van der Waals surface area contributed by atoms with Crippen LogP contribution in [-0.4, -0.2) is 24.6 Å². The van der Waals surface area contributed by atoms with Gasteiger partial charge in [0.2, 0.25) is 0 Å². The van der Waals surface area contributed by atoms with Gasteiger partial charge in [0.15, 0.2) is 5.96 Å². The van der Waals surface area contributed by atoms with Crippen molar-refractivity contribution in [1.82, 2.24) is 4.98 Å². The molecule has 1 aromatic heterocycles. The quantitative estimate of drug-likeness (QED) is 0.936. The molecule has 5 nitrogen and oxygen atoms in total. The molecule has 3 rings (SSSR count). The number of ether oxygens (including phenoxy) is 1. The molecule has 1 aliphatic rings. The number of benzene rings is 1. The number of guanidine groups is 1. The van der Waals surface area contributed by atoms with Crippen molar-refractivity contribution in [2.75, 3.05) is 18.6 Å². The van der Waals surface area contributed by atoms with Crippen molar-refractivity contribution in [2.24, 2.45) is 10.7 Å². The number of para-hydroxylation sites is 2. The smallest absolute Gasteiger partial charge is 0.196 e. The fourth-order valence-electron chi connectivity index (χ4n) is 2.76. The third-order valence-electron chi connectivity index (χ3n) is 3.90. The van der Waals surface area contributed by atoms with E-state index in [4.69, 9.17) is 10.5 Å². The molecule has 0 saturated carbocycles. The Bertz CT molecular complexity index is 671. The predicted octanol–water partition coefficient (Wildman–Crippen LogP) is 2.14. The van der Waals surface area contributed by atoms with Crippen molar-refractivity contribution < 1.29 is 4.74 Å². The van der Waals surface area contributed by atoms with E-state index in [2.05, 4.69) is 16.9 Å². The van der Waals surface area contributed by atoms with Gasteiger partial charge in [0, 0.05) is 12.4 Å². The Hall–Kier alpha value is -2.56. The van der Waals surface area contributed by atoms with Crippen LogP contribution in [0.2, 0.25) is 0 Å². The molecule has 0 saturated heterocycles. The van der Waals surface area contributed by atoms with Crippen LogP contribution in [0.1, 0.15) is 12.5 Å². The molecule has 0 bridgehead atoms. The fraction of sp³-hybridized carbons (Fsp3) is 0.250. The monoisotopic (exact) mass is 282 g/mol. The third kappa shape index (κ3) is 2.11. The molecule has 2 aromatic rings. The molecule has 108 valence electrons. The summed E-state index contributed by atoms with van der Waals surface area (Å²) >= 11 is 0. The van der Waals surface area contributed by atoms with Crippen LogP contribution in [0.15, 0.2) is 53.8 Å². The van der Waals surface area contributed by atoms with Gasteiger partial charge in [-0.15, -0.1) is 0 Å². The Morgan fingerprint density at radius 2 is 1.90 bits per heavy atom. The maximum Gasteiger partial charge on any atom is 0.196 e. The lowest BCUT2D eigenvalue weighted by Gasteiger charge is -2.37. The molecule has 1 unspecified atom stereocenters. The number of rotatable bonds is 3. The Morgan fingerprint density at radius 3 is 2.62 bits per heavy atom. The highest BCUT2D eigenvalue weighted by molar-refractivity contribution is 5.99. The second-order valence-corrected chi connectivity index (χ2v) is 5.19. The van der Waals surface area contributed by atoms with E-state index in [1.54, 1.807) is 19.5 Å². The van der Waals surface area contributed by atoms with Gasteiger partial charge >= 0.3 is 0 Å². The number of methoxy groups -OCH3 is 1. The lowest BCUT2D eigenvalue weighted by Crippen LogP contribution is -2.47. The molecule has 0 amide bonds. The van der Waals surface area contributed by atoms with Crippen molar-refractivity contribution in [3.8, 4) is 5.75 Å². The Morgan fingerprint density at radius 1 is 1.19 bits per heavy atom. The van der Waals surface area contributed by atoms with Gasteiger partial charge in [-0.1, -0.05) is 12.1 Å². The molecule has 0 aliphatic carbocycles. The Kier molecular flexibility index (Phi) is 3.25. The summed E-state index contributed by atoms with van der Waals surface area (Å²) in [6.07, 6.45) is 3.57. The van der Waals surface area contributed by atoms with Gasteiger partial charge in [-0.05, 0) is 36.8 Å². The largest absolute Gasteiger partial charge is 0.495 e. The molecule has 2 N–H and O–H groups in total. The minimum atomic E-state index is -0.346. The zero-order valence-corrected chi connectivity index (χ0v) is 12.2. The van der Waals surface area contributed by atoms with Gasteiger partial charge in [-0.2, -0.15) is 0 Å². The van der Waals surface area contributed by atoms with Gasteiger partial charge in [0.05, 0.1) is 24.9 Å². The van der Waals surface area contributed by atoms with Crippen LogP contribution in [0.25, 0.3) is 0 Å². The molecular formula is C16H18N4O. The van der Waals surface area contributed by atoms with E-state index in [0.717, 1.165) is 17.0 Å². The average Bonchev–Trinajstić information content (AvgIpc) is 2.84. The van der Waals surface area contributed by atoms with Gasteiger partial charge < -0.3 is 10.5 Å². The lowest BCUT2D eigenvalue weighted by molar-refractivity contribution is 0.411. The first-order valence-corrected chi connectivity index (χ1v) is 6.80. The maximum absolute atomic E-state index is 6.15. The fourth-order valence-corrected chi connectivity index (χ4v) is 2.76. The molecule has 21 heavy (non-hydrogen) atoms. The molecule has 0 spiro atoms. The molecular weight excluding hydrogens is 264 g/mol. The Labute approximate surface area is 124 Å². The lowest BCUT2D eigenvalue weighted by atomic mass is 9.91. The van der Waals surface area contributed by atoms with Crippen molar-refractivity contribution in [1.29, 1.82) is 0 Å². The van der Waals surface area contributed by atoms with E-state index in [0.29, 0.717) is 12.5 Å². The van der Waals surface area contributed by atoms with E-state index in [1.807, 2.05) is 41.3 Å². The van der Waals surface area contributed by atoms with Crippen molar-refractivity contribution in [2.45, 2.75) is 12.5 Å². The number of aliphatic imine (C=N–C) groups is 1. The second-order valence-electron chi connectivity index (χ2n) is 5.19. The number of nitrogens with zero attached hydrogens (tertiary/aromatic N) is 3. The minimum Gasteiger partial charge on any atom is -0.495 e. The van der Waals surface area contributed by atoms with Crippen LogP contribution in [0, 0.1) is 0 Å². The first kappa shape index (κ1) is 13.4. The molecule has 0 radical (unpaired) electrons. The number of pyridine rings is 1. The number of hydrogen-bond donors (Lipinski definition) is 1. The zero-order valence-electron chi connectivity index (χ0n) is 12.2. The number of nitrogens with two attached hydrogens (primary N) is 1. The Balaban J connectivity index is 2.12. The van der Waals surface area contributed by atoms with Crippen LogP contribution in [0.3, 0.4) is 0 Å². The highest BCUT2D eigenvalue weighted by atomic mass is 16.5. The van der Waals surface area contributed by atoms with Gasteiger partial charge in [0.1, 0.15) is 5.75 Å². The molecule has 1 aromatic carbocycles.